The van der Waals surface area contributed by atoms with Crippen molar-refractivity contribution in [2.24, 2.45) is 5.92 Å². The molecule has 0 radical (unpaired) electrons. The zero-order valence-electron chi connectivity index (χ0n) is 15.1. The van der Waals surface area contributed by atoms with Crippen molar-refractivity contribution in [3.05, 3.63) is 52.2 Å². The van der Waals surface area contributed by atoms with E-state index in [1.165, 1.54) is 15.6 Å². The summed E-state index contributed by atoms with van der Waals surface area (Å²) in [6, 6.07) is 10.0. The number of thiophene rings is 1. The summed E-state index contributed by atoms with van der Waals surface area (Å²) < 4.78 is 33.7. The van der Waals surface area contributed by atoms with Crippen LogP contribution in [0.3, 0.4) is 0 Å². The molecule has 3 rings (SSSR count). The molecular weight excluding hydrogens is 370 g/mol. The second-order valence-corrected chi connectivity index (χ2v) is 9.64. The first-order valence-corrected chi connectivity index (χ1v) is 10.9. The van der Waals surface area contributed by atoms with E-state index >= 15 is 0 Å². The first-order valence-electron chi connectivity index (χ1n) is 8.59. The number of benzene rings is 1. The quantitative estimate of drug-likeness (QED) is 0.702. The van der Waals surface area contributed by atoms with Crippen molar-refractivity contribution in [1.82, 2.24) is 4.31 Å². The summed E-state index contributed by atoms with van der Waals surface area (Å²) in [5, 5.41) is 1.83. The highest BCUT2D eigenvalue weighted by atomic mass is 32.2. The third-order valence-electron chi connectivity index (χ3n) is 4.59. The van der Waals surface area contributed by atoms with E-state index < -0.39 is 16.3 Å². The topological polar surface area (TPSA) is 63.7 Å². The molecule has 7 heteroatoms. The van der Waals surface area contributed by atoms with Gasteiger partial charge in [-0.05, 0) is 36.4 Å². The Hall–Kier alpha value is -1.54. The van der Waals surface area contributed by atoms with Gasteiger partial charge in [-0.25, -0.2) is 8.42 Å². The molecule has 0 amide bonds. The van der Waals surface area contributed by atoms with Gasteiger partial charge in [0, 0.05) is 0 Å². The summed E-state index contributed by atoms with van der Waals surface area (Å²) in [5.74, 6) is -0.0180. The smallest absolute Gasteiger partial charge is 0.245 e. The number of hydrogen-bond acceptors (Lipinski definition) is 5. The SMILES string of the molecule is Cc1ccc(S(=O)(=O)N2[C@H](CC(=O)c3cccs3)OC[C@@H]2C(C)C)cc1. The summed E-state index contributed by atoms with van der Waals surface area (Å²) in [6.45, 7) is 6.14. The Labute approximate surface area is 158 Å². The second kappa shape index (κ2) is 7.60. The average molecular weight is 394 g/mol. The molecule has 2 aromatic rings. The molecule has 26 heavy (non-hydrogen) atoms. The van der Waals surface area contributed by atoms with E-state index in [-0.39, 0.29) is 29.1 Å². The second-order valence-electron chi connectivity index (χ2n) is 6.85. The number of ether oxygens (including phenoxy) is 1. The van der Waals surface area contributed by atoms with Crippen LogP contribution in [0, 0.1) is 12.8 Å². The first kappa shape index (κ1) is 19.2. The third-order valence-corrected chi connectivity index (χ3v) is 7.43. The molecule has 0 aliphatic carbocycles. The Kier molecular flexibility index (Phi) is 5.62. The van der Waals surface area contributed by atoms with Crippen molar-refractivity contribution in [1.29, 1.82) is 0 Å². The molecule has 0 saturated carbocycles. The molecule has 0 unspecified atom stereocenters. The molecule has 140 valence electrons. The summed E-state index contributed by atoms with van der Waals surface area (Å²) in [7, 11) is -3.75. The monoisotopic (exact) mass is 393 g/mol. The number of rotatable bonds is 6. The van der Waals surface area contributed by atoms with Crippen molar-refractivity contribution < 1.29 is 17.9 Å². The molecule has 1 aliphatic rings. The zero-order chi connectivity index (χ0) is 18.9. The molecule has 0 spiro atoms. The minimum absolute atomic E-state index is 0.0226. The van der Waals surface area contributed by atoms with Crippen molar-refractivity contribution in [3.63, 3.8) is 0 Å². The highest BCUT2D eigenvalue weighted by Gasteiger charge is 2.45. The van der Waals surface area contributed by atoms with Gasteiger partial charge in [0.15, 0.2) is 5.78 Å². The molecule has 1 saturated heterocycles. The summed E-state index contributed by atoms with van der Waals surface area (Å²) >= 11 is 1.36. The van der Waals surface area contributed by atoms with Gasteiger partial charge in [-0.15, -0.1) is 11.3 Å². The number of carbonyl (C=O) groups excluding carboxylic acids is 1. The maximum Gasteiger partial charge on any atom is 0.245 e. The molecule has 0 N–H and O–H groups in total. The Morgan fingerprint density at radius 3 is 2.54 bits per heavy atom. The maximum atomic E-state index is 13.3. The summed E-state index contributed by atoms with van der Waals surface area (Å²) in [4.78, 5) is 13.4. The Bertz CT molecular complexity index is 857. The zero-order valence-corrected chi connectivity index (χ0v) is 16.7. The van der Waals surface area contributed by atoms with Gasteiger partial charge < -0.3 is 4.74 Å². The fourth-order valence-electron chi connectivity index (χ4n) is 3.07. The number of carbonyl (C=O) groups is 1. The number of ketones is 1. The van der Waals surface area contributed by atoms with Crippen LogP contribution >= 0.6 is 11.3 Å². The number of hydrogen-bond donors (Lipinski definition) is 0. The van der Waals surface area contributed by atoms with Crippen LogP contribution in [0.1, 0.15) is 35.5 Å². The summed E-state index contributed by atoms with van der Waals surface area (Å²) in [6.07, 6.45) is -0.752. The molecular formula is C19H23NO4S2. The van der Waals surface area contributed by atoms with Crippen LogP contribution in [0.5, 0.6) is 0 Å². The van der Waals surface area contributed by atoms with Gasteiger partial charge in [-0.3, -0.25) is 4.79 Å². The van der Waals surface area contributed by atoms with Crippen LogP contribution in [0.25, 0.3) is 0 Å². The predicted octanol–water partition coefficient (Wildman–Crippen LogP) is 3.70. The lowest BCUT2D eigenvalue weighted by atomic mass is 10.1. The normalized spacial score (nSPS) is 21.4. The minimum Gasteiger partial charge on any atom is -0.360 e. The molecule has 5 nitrogen and oxygen atoms in total. The maximum absolute atomic E-state index is 13.3. The molecule has 1 aromatic heterocycles. The first-order chi connectivity index (χ1) is 12.3. The molecule has 1 aromatic carbocycles. The number of sulfonamides is 1. The lowest BCUT2D eigenvalue weighted by Crippen LogP contribution is -2.44. The number of Topliss-reactive ketones (excluding diaryl/α,β-unsaturated/α-hetero) is 1. The number of nitrogens with zero attached hydrogens (tertiary/aromatic N) is 1. The average Bonchev–Trinajstić information content (AvgIpc) is 3.25. The van der Waals surface area contributed by atoms with Crippen LogP contribution in [0.15, 0.2) is 46.7 Å². The van der Waals surface area contributed by atoms with E-state index in [0.717, 1.165) is 5.56 Å². The van der Waals surface area contributed by atoms with Gasteiger partial charge in [-0.1, -0.05) is 37.6 Å². The third kappa shape index (κ3) is 3.76. The largest absolute Gasteiger partial charge is 0.360 e. The van der Waals surface area contributed by atoms with Gasteiger partial charge in [0.1, 0.15) is 6.23 Å². The number of aryl methyl sites for hydroxylation is 1. The Balaban J connectivity index is 1.92. The van der Waals surface area contributed by atoms with Gasteiger partial charge in [-0.2, -0.15) is 4.31 Å². The Morgan fingerprint density at radius 2 is 1.96 bits per heavy atom. The van der Waals surface area contributed by atoms with E-state index in [1.54, 1.807) is 30.3 Å². The van der Waals surface area contributed by atoms with E-state index in [4.69, 9.17) is 4.74 Å². The van der Waals surface area contributed by atoms with E-state index in [9.17, 15) is 13.2 Å². The predicted molar refractivity (Wildman–Crippen MR) is 102 cm³/mol. The Morgan fingerprint density at radius 1 is 1.27 bits per heavy atom. The van der Waals surface area contributed by atoms with Gasteiger partial charge >= 0.3 is 0 Å². The van der Waals surface area contributed by atoms with Gasteiger partial charge in [0.2, 0.25) is 10.0 Å². The van der Waals surface area contributed by atoms with E-state index in [2.05, 4.69) is 0 Å². The van der Waals surface area contributed by atoms with E-state index in [0.29, 0.717) is 11.5 Å². The van der Waals surface area contributed by atoms with Crippen molar-refractivity contribution in [2.45, 2.75) is 44.4 Å². The van der Waals surface area contributed by atoms with E-state index in [1.807, 2.05) is 32.2 Å². The lowest BCUT2D eigenvalue weighted by Gasteiger charge is -2.29. The highest BCUT2D eigenvalue weighted by molar-refractivity contribution is 7.89. The molecule has 0 bridgehead atoms. The standard InChI is InChI=1S/C19H23NO4S2/c1-13(2)16-12-24-19(11-17(21)18-5-4-10-25-18)20(16)26(22,23)15-8-6-14(3)7-9-15/h4-10,13,16,19H,11-12H2,1-3H3/t16-,19+/m1/s1. The van der Waals surface area contributed by atoms with Crippen molar-refractivity contribution in [3.8, 4) is 0 Å². The van der Waals surface area contributed by atoms with Crippen LogP contribution in [0.4, 0.5) is 0 Å². The van der Waals surface area contributed by atoms with Crippen LogP contribution < -0.4 is 0 Å². The lowest BCUT2D eigenvalue weighted by molar-refractivity contribution is 0.0539. The fraction of sp³-hybridized carbons (Fsp3) is 0.421. The van der Waals surface area contributed by atoms with Gasteiger partial charge in [0.05, 0.1) is 28.8 Å². The molecule has 1 aliphatic heterocycles. The summed E-state index contributed by atoms with van der Waals surface area (Å²) in [5.41, 5.74) is 0.992. The van der Waals surface area contributed by atoms with Crippen LogP contribution in [-0.2, 0) is 14.8 Å². The van der Waals surface area contributed by atoms with Crippen LogP contribution in [-0.4, -0.2) is 37.4 Å². The van der Waals surface area contributed by atoms with Gasteiger partial charge in [0.25, 0.3) is 0 Å². The minimum atomic E-state index is -3.75. The molecule has 2 heterocycles. The molecule has 1 fully saturated rings. The fourth-order valence-corrected chi connectivity index (χ4v) is 5.57. The van der Waals surface area contributed by atoms with Crippen molar-refractivity contribution >= 4 is 27.1 Å². The highest BCUT2D eigenvalue weighted by Crippen LogP contribution is 2.32. The van der Waals surface area contributed by atoms with Crippen LogP contribution in [0.2, 0.25) is 0 Å². The molecule has 2 atom stereocenters. The van der Waals surface area contributed by atoms with Crippen molar-refractivity contribution in [2.75, 3.05) is 6.61 Å².